The minimum absolute atomic E-state index is 0.152. The van der Waals surface area contributed by atoms with E-state index in [0.29, 0.717) is 23.6 Å². The molecule has 0 radical (unpaired) electrons. The van der Waals surface area contributed by atoms with Crippen molar-refractivity contribution in [2.75, 3.05) is 13.1 Å². The highest BCUT2D eigenvalue weighted by Crippen LogP contribution is 2.23. The Morgan fingerprint density at radius 3 is 2.68 bits per heavy atom. The SMILES string of the molecule is Cc1ccc(C(=O)N2CC[C@@H](S(=O)(=O)NC(C)C)C2)c(Cl)c1. The summed E-state index contributed by atoms with van der Waals surface area (Å²) in [6.45, 7) is 6.08. The van der Waals surface area contributed by atoms with Crippen molar-refractivity contribution in [1.29, 1.82) is 0 Å². The van der Waals surface area contributed by atoms with Gasteiger partial charge in [-0.15, -0.1) is 0 Å². The molecule has 1 heterocycles. The summed E-state index contributed by atoms with van der Waals surface area (Å²) in [6, 6.07) is 5.10. The molecule has 2 rings (SSSR count). The van der Waals surface area contributed by atoms with E-state index >= 15 is 0 Å². The molecule has 1 atom stereocenters. The van der Waals surface area contributed by atoms with Crippen LogP contribution in [0.2, 0.25) is 5.02 Å². The summed E-state index contributed by atoms with van der Waals surface area (Å²) in [5, 5.41) is -0.167. The first kappa shape index (κ1) is 17.2. The quantitative estimate of drug-likeness (QED) is 0.910. The highest BCUT2D eigenvalue weighted by molar-refractivity contribution is 7.90. The molecule has 1 aliphatic heterocycles. The van der Waals surface area contributed by atoms with Crippen molar-refractivity contribution in [3.8, 4) is 0 Å². The topological polar surface area (TPSA) is 66.5 Å². The second-order valence-corrected chi connectivity index (χ2v) is 8.36. The first-order valence-electron chi connectivity index (χ1n) is 7.27. The molecular formula is C15H21ClN2O3S. The molecule has 0 aliphatic carbocycles. The van der Waals surface area contributed by atoms with Crippen LogP contribution in [-0.2, 0) is 10.0 Å². The smallest absolute Gasteiger partial charge is 0.255 e. The Labute approximate surface area is 136 Å². The predicted molar refractivity (Wildman–Crippen MR) is 87.7 cm³/mol. The van der Waals surface area contributed by atoms with Crippen LogP contribution in [0.3, 0.4) is 0 Å². The van der Waals surface area contributed by atoms with Crippen molar-refractivity contribution >= 4 is 27.5 Å². The molecule has 1 fully saturated rings. The van der Waals surface area contributed by atoms with Crippen molar-refractivity contribution in [2.45, 2.75) is 38.5 Å². The monoisotopic (exact) mass is 344 g/mol. The molecule has 122 valence electrons. The average Bonchev–Trinajstić information content (AvgIpc) is 2.86. The molecule has 1 N–H and O–H groups in total. The van der Waals surface area contributed by atoms with Gasteiger partial charge in [0.25, 0.3) is 5.91 Å². The van der Waals surface area contributed by atoms with Gasteiger partial charge in [0.15, 0.2) is 0 Å². The van der Waals surface area contributed by atoms with E-state index in [2.05, 4.69) is 4.72 Å². The maximum atomic E-state index is 12.5. The molecule has 7 heteroatoms. The number of aryl methyl sites for hydroxylation is 1. The lowest BCUT2D eigenvalue weighted by atomic mass is 10.1. The second-order valence-electron chi connectivity index (χ2n) is 5.96. The summed E-state index contributed by atoms with van der Waals surface area (Å²) >= 11 is 6.12. The Bertz CT molecular complexity index is 673. The number of carbonyl (C=O) groups excluding carboxylic acids is 1. The van der Waals surface area contributed by atoms with Crippen molar-refractivity contribution in [2.24, 2.45) is 0 Å². The number of hydrogen-bond acceptors (Lipinski definition) is 3. The molecule has 0 unspecified atom stereocenters. The van der Waals surface area contributed by atoms with E-state index in [1.54, 1.807) is 30.9 Å². The average molecular weight is 345 g/mol. The number of amides is 1. The number of carbonyl (C=O) groups is 1. The molecule has 0 saturated carbocycles. The molecule has 1 aliphatic rings. The van der Waals surface area contributed by atoms with Gasteiger partial charge in [-0.05, 0) is 44.9 Å². The predicted octanol–water partition coefficient (Wildman–Crippen LogP) is 2.19. The zero-order valence-corrected chi connectivity index (χ0v) is 14.5. The number of rotatable bonds is 4. The Morgan fingerprint density at radius 1 is 1.41 bits per heavy atom. The largest absolute Gasteiger partial charge is 0.337 e. The summed E-state index contributed by atoms with van der Waals surface area (Å²) < 4.78 is 27.0. The van der Waals surface area contributed by atoms with Gasteiger partial charge >= 0.3 is 0 Å². The lowest BCUT2D eigenvalue weighted by molar-refractivity contribution is 0.0793. The van der Waals surface area contributed by atoms with Crippen molar-refractivity contribution in [3.05, 3.63) is 34.3 Å². The van der Waals surface area contributed by atoms with Crippen molar-refractivity contribution in [1.82, 2.24) is 9.62 Å². The number of halogens is 1. The maximum absolute atomic E-state index is 12.5. The third-order valence-corrected chi connectivity index (χ3v) is 6.00. The van der Waals surface area contributed by atoms with Gasteiger partial charge in [0.1, 0.15) is 0 Å². The third kappa shape index (κ3) is 3.80. The molecule has 1 aromatic rings. The lowest BCUT2D eigenvalue weighted by Crippen LogP contribution is -2.40. The molecule has 0 bridgehead atoms. The number of nitrogens with one attached hydrogen (secondary N) is 1. The summed E-state index contributed by atoms with van der Waals surface area (Å²) in [5.41, 5.74) is 1.40. The van der Waals surface area contributed by atoms with Crippen LogP contribution >= 0.6 is 11.6 Å². The molecule has 1 amide bonds. The molecule has 1 aromatic carbocycles. The van der Waals surface area contributed by atoms with E-state index in [4.69, 9.17) is 11.6 Å². The summed E-state index contributed by atoms with van der Waals surface area (Å²) in [4.78, 5) is 14.1. The Morgan fingerprint density at radius 2 is 2.09 bits per heavy atom. The number of likely N-dealkylation sites (tertiary alicyclic amines) is 1. The van der Waals surface area contributed by atoms with E-state index in [1.807, 2.05) is 13.0 Å². The van der Waals surface area contributed by atoms with E-state index in [-0.39, 0.29) is 18.5 Å². The lowest BCUT2D eigenvalue weighted by Gasteiger charge is -2.18. The van der Waals surface area contributed by atoms with Crippen LogP contribution < -0.4 is 4.72 Å². The van der Waals surface area contributed by atoms with Gasteiger partial charge in [0.2, 0.25) is 10.0 Å². The molecule has 0 spiro atoms. The van der Waals surface area contributed by atoms with Crippen LogP contribution in [0.25, 0.3) is 0 Å². The first-order chi connectivity index (χ1) is 10.2. The van der Waals surface area contributed by atoms with Gasteiger partial charge in [-0.3, -0.25) is 4.79 Å². The summed E-state index contributed by atoms with van der Waals surface area (Å²) in [5.74, 6) is -0.216. The fourth-order valence-corrected chi connectivity index (χ4v) is 4.51. The van der Waals surface area contributed by atoms with Crippen LogP contribution in [-0.4, -0.2) is 43.6 Å². The zero-order chi connectivity index (χ0) is 16.5. The van der Waals surface area contributed by atoms with E-state index in [9.17, 15) is 13.2 Å². The highest BCUT2D eigenvalue weighted by Gasteiger charge is 2.36. The molecule has 0 aromatic heterocycles. The fourth-order valence-electron chi connectivity index (χ4n) is 2.55. The van der Waals surface area contributed by atoms with Gasteiger partial charge < -0.3 is 4.90 Å². The molecular weight excluding hydrogens is 324 g/mol. The van der Waals surface area contributed by atoms with Crippen LogP contribution in [0.1, 0.15) is 36.2 Å². The van der Waals surface area contributed by atoms with Gasteiger partial charge in [0.05, 0.1) is 15.8 Å². The standard InChI is InChI=1S/C15H21ClN2O3S/c1-10(2)17-22(20,21)12-6-7-18(9-12)15(19)13-5-4-11(3)8-14(13)16/h4-5,8,10,12,17H,6-7,9H2,1-3H3/t12-/m1/s1. The highest BCUT2D eigenvalue weighted by atomic mass is 35.5. The Hall–Kier alpha value is -1.11. The minimum Gasteiger partial charge on any atom is -0.337 e. The van der Waals surface area contributed by atoms with Crippen molar-refractivity contribution < 1.29 is 13.2 Å². The van der Waals surface area contributed by atoms with E-state index < -0.39 is 15.3 Å². The number of nitrogens with zero attached hydrogens (tertiary/aromatic N) is 1. The Kier molecular flexibility index (Phi) is 5.14. The first-order valence-corrected chi connectivity index (χ1v) is 9.19. The molecule has 22 heavy (non-hydrogen) atoms. The van der Waals surface area contributed by atoms with E-state index in [0.717, 1.165) is 5.56 Å². The molecule has 1 saturated heterocycles. The van der Waals surface area contributed by atoms with Crippen LogP contribution in [0.5, 0.6) is 0 Å². The normalized spacial score (nSPS) is 19.0. The van der Waals surface area contributed by atoms with Gasteiger partial charge in [-0.1, -0.05) is 17.7 Å². The van der Waals surface area contributed by atoms with E-state index in [1.165, 1.54) is 0 Å². The van der Waals surface area contributed by atoms with Crippen molar-refractivity contribution in [3.63, 3.8) is 0 Å². The molecule has 5 nitrogen and oxygen atoms in total. The Balaban J connectivity index is 2.11. The summed E-state index contributed by atoms with van der Waals surface area (Å²) in [6.07, 6.45) is 0.442. The minimum atomic E-state index is -3.40. The second kappa shape index (κ2) is 6.56. The van der Waals surface area contributed by atoms with Crippen LogP contribution in [0.4, 0.5) is 0 Å². The number of hydrogen-bond donors (Lipinski definition) is 1. The van der Waals surface area contributed by atoms with Gasteiger partial charge in [0, 0.05) is 19.1 Å². The van der Waals surface area contributed by atoms with Gasteiger partial charge in [-0.2, -0.15) is 0 Å². The van der Waals surface area contributed by atoms with Gasteiger partial charge in [-0.25, -0.2) is 13.1 Å². The summed E-state index contributed by atoms with van der Waals surface area (Å²) in [7, 11) is -3.40. The number of benzene rings is 1. The fraction of sp³-hybridized carbons (Fsp3) is 0.533. The van der Waals surface area contributed by atoms with Crippen LogP contribution in [0.15, 0.2) is 18.2 Å². The van der Waals surface area contributed by atoms with Crippen LogP contribution in [0, 0.1) is 6.92 Å². The third-order valence-electron chi connectivity index (χ3n) is 3.63. The maximum Gasteiger partial charge on any atom is 0.255 e. The number of sulfonamides is 1. The zero-order valence-electron chi connectivity index (χ0n) is 13.0.